The van der Waals surface area contributed by atoms with Crippen LogP contribution in [0.3, 0.4) is 0 Å². The summed E-state index contributed by atoms with van der Waals surface area (Å²) in [6, 6.07) is 1.50. The summed E-state index contributed by atoms with van der Waals surface area (Å²) in [5.74, 6) is 0. The first-order chi connectivity index (χ1) is 11.9. The van der Waals surface area contributed by atoms with Gasteiger partial charge in [0.05, 0.1) is 15.9 Å². The van der Waals surface area contributed by atoms with E-state index in [4.69, 9.17) is 0 Å². The zero-order chi connectivity index (χ0) is 17.8. The lowest BCUT2D eigenvalue weighted by Crippen LogP contribution is -2.34. The van der Waals surface area contributed by atoms with Crippen LogP contribution in [0, 0.1) is 0 Å². The molecule has 0 amide bonds. The highest BCUT2D eigenvalue weighted by Crippen LogP contribution is 2.33. The SMILES string of the molecule is CN1CCc2c(S(=O)(=O)N3CCCC3)cc3[nH]c(=O)c(=O)[nH]c3c2C1. The minimum absolute atomic E-state index is 0.257. The number of nitrogens with zero attached hydrogens (tertiary/aromatic N) is 2. The van der Waals surface area contributed by atoms with Crippen LogP contribution in [0.4, 0.5) is 0 Å². The van der Waals surface area contributed by atoms with Gasteiger partial charge in [0, 0.05) is 26.2 Å². The zero-order valence-electron chi connectivity index (χ0n) is 14.0. The Hall–Kier alpha value is -1.97. The van der Waals surface area contributed by atoms with Gasteiger partial charge in [-0.1, -0.05) is 0 Å². The van der Waals surface area contributed by atoms with E-state index in [1.807, 2.05) is 7.05 Å². The van der Waals surface area contributed by atoms with Gasteiger partial charge in [-0.2, -0.15) is 4.31 Å². The van der Waals surface area contributed by atoms with E-state index in [2.05, 4.69) is 14.9 Å². The lowest BCUT2D eigenvalue weighted by molar-refractivity contribution is 0.312. The Morgan fingerprint density at radius 3 is 2.40 bits per heavy atom. The van der Waals surface area contributed by atoms with Crippen molar-refractivity contribution in [2.75, 3.05) is 26.7 Å². The highest BCUT2D eigenvalue weighted by Gasteiger charge is 2.32. The van der Waals surface area contributed by atoms with E-state index < -0.39 is 21.1 Å². The number of likely N-dealkylation sites (N-methyl/N-ethyl adjacent to an activating group) is 1. The molecule has 0 aliphatic carbocycles. The summed E-state index contributed by atoms with van der Waals surface area (Å²) in [5, 5.41) is 0. The van der Waals surface area contributed by atoms with Crippen molar-refractivity contribution in [2.45, 2.75) is 30.7 Å². The van der Waals surface area contributed by atoms with E-state index in [0.717, 1.165) is 30.5 Å². The first-order valence-corrected chi connectivity index (χ1v) is 9.81. The van der Waals surface area contributed by atoms with Crippen LogP contribution in [0.2, 0.25) is 0 Å². The highest BCUT2D eigenvalue weighted by atomic mass is 32.2. The summed E-state index contributed by atoms with van der Waals surface area (Å²) in [6.07, 6.45) is 2.31. The van der Waals surface area contributed by atoms with Crippen molar-refractivity contribution in [2.24, 2.45) is 0 Å². The summed E-state index contributed by atoms with van der Waals surface area (Å²) in [6.45, 7) is 2.32. The minimum Gasteiger partial charge on any atom is -0.316 e. The molecule has 0 spiro atoms. The molecule has 0 radical (unpaired) electrons. The fourth-order valence-corrected chi connectivity index (χ4v) is 5.56. The van der Waals surface area contributed by atoms with Crippen LogP contribution < -0.4 is 11.1 Å². The molecular formula is C16H20N4O4S. The van der Waals surface area contributed by atoms with Crippen LogP contribution >= 0.6 is 0 Å². The molecule has 1 aromatic heterocycles. The fourth-order valence-electron chi connectivity index (χ4n) is 3.74. The topological polar surface area (TPSA) is 106 Å². The fraction of sp³-hybridized carbons (Fsp3) is 0.500. The van der Waals surface area contributed by atoms with Crippen molar-refractivity contribution in [1.29, 1.82) is 0 Å². The summed E-state index contributed by atoms with van der Waals surface area (Å²) in [5.41, 5.74) is 0.903. The van der Waals surface area contributed by atoms with Crippen LogP contribution in [-0.2, 0) is 23.0 Å². The molecule has 2 aliphatic heterocycles. The van der Waals surface area contributed by atoms with Gasteiger partial charge >= 0.3 is 11.1 Å². The lowest BCUT2D eigenvalue weighted by Gasteiger charge is -2.29. The van der Waals surface area contributed by atoms with E-state index in [1.54, 1.807) is 0 Å². The molecule has 1 saturated heterocycles. The van der Waals surface area contributed by atoms with Crippen molar-refractivity contribution in [3.8, 4) is 0 Å². The van der Waals surface area contributed by atoms with Crippen LogP contribution in [0.25, 0.3) is 11.0 Å². The van der Waals surface area contributed by atoms with Crippen molar-refractivity contribution < 1.29 is 8.42 Å². The number of aromatic amines is 2. The molecule has 1 aromatic carbocycles. The van der Waals surface area contributed by atoms with Crippen LogP contribution in [0.1, 0.15) is 24.0 Å². The zero-order valence-corrected chi connectivity index (χ0v) is 14.8. The average Bonchev–Trinajstić information content (AvgIpc) is 3.11. The van der Waals surface area contributed by atoms with E-state index in [1.165, 1.54) is 10.4 Å². The van der Waals surface area contributed by atoms with Gasteiger partial charge in [-0.25, -0.2) is 8.42 Å². The number of aromatic nitrogens is 2. The molecule has 0 atom stereocenters. The van der Waals surface area contributed by atoms with E-state index in [9.17, 15) is 18.0 Å². The van der Waals surface area contributed by atoms with Gasteiger partial charge in [0.2, 0.25) is 10.0 Å². The minimum atomic E-state index is -3.61. The Balaban J connectivity index is 2.03. The molecule has 0 bridgehead atoms. The van der Waals surface area contributed by atoms with Gasteiger partial charge in [0.1, 0.15) is 0 Å². The van der Waals surface area contributed by atoms with Crippen molar-refractivity contribution in [1.82, 2.24) is 19.2 Å². The van der Waals surface area contributed by atoms with Crippen molar-refractivity contribution in [3.63, 3.8) is 0 Å². The maximum atomic E-state index is 13.1. The molecule has 2 N–H and O–H groups in total. The van der Waals surface area contributed by atoms with E-state index >= 15 is 0 Å². The number of nitrogens with one attached hydrogen (secondary N) is 2. The first kappa shape index (κ1) is 16.5. The summed E-state index contributed by atoms with van der Waals surface area (Å²) >= 11 is 0. The lowest BCUT2D eigenvalue weighted by atomic mass is 9.98. The molecule has 3 heterocycles. The standard InChI is InChI=1S/C16H20N4O4S/c1-19-7-4-10-11(9-19)14-12(17-15(21)16(22)18-14)8-13(10)25(23,24)20-5-2-3-6-20/h8H,2-7,9H2,1H3,(H,17,21)(H,18,22). The number of H-pyrrole nitrogens is 2. The highest BCUT2D eigenvalue weighted by molar-refractivity contribution is 7.89. The quantitative estimate of drug-likeness (QED) is 0.729. The van der Waals surface area contributed by atoms with E-state index in [-0.39, 0.29) is 4.90 Å². The predicted molar refractivity (Wildman–Crippen MR) is 93.2 cm³/mol. The van der Waals surface area contributed by atoms with E-state index in [0.29, 0.717) is 37.1 Å². The second-order valence-electron chi connectivity index (χ2n) is 6.76. The molecule has 25 heavy (non-hydrogen) atoms. The molecule has 8 nitrogen and oxygen atoms in total. The third-order valence-corrected chi connectivity index (χ3v) is 7.02. The van der Waals surface area contributed by atoms with Crippen LogP contribution in [0.15, 0.2) is 20.6 Å². The van der Waals surface area contributed by atoms with Crippen molar-refractivity contribution >= 4 is 21.1 Å². The Labute approximate surface area is 144 Å². The van der Waals surface area contributed by atoms with Gasteiger partial charge in [0.15, 0.2) is 0 Å². The molecule has 2 aromatic rings. The summed E-state index contributed by atoms with van der Waals surface area (Å²) in [4.78, 5) is 30.9. The second-order valence-corrected chi connectivity index (χ2v) is 8.67. The Bertz CT molecular complexity index is 1060. The number of hydrogen-bond donors (Lipinski definition) is 2. The normalized spacial score (nSPS) is 19.4. The maximum Gasteiger partial charge on any atom is 0.314 e. The van der Waals surface area contributed by atoms with Gasteiger partial charge in [0.25, 0.3) is 0 Å². The molecule has 2 aliphatic rings. The number of sulfonamides is 1. The monoisotopic (exact) mass is 364 g/mol. The number of benzene rings is 1. The second kappa shape index (κ2) is 5.79. The molecule has 0 unspecified atom stereocenters. The summed E-state index contributed by atoms with van der Waals surface area (Å²) in [7, 11) is -1.67. The maximum absolute atomic E-state index is 13.1. The Morgan fingerprint density at radius 1 is 1.00 bits per heavy atom. The molecule has 1 fully saturated rings. The molecular weight excluding hydrogens is 344 g/mol. The van der Waals surface area contributed by atoms with Gasteiger partial charge in [-0.05, 0) is 43.5 Å². The largest absolute Gasteiger partial charge is 0.316 e. The number of rotatable bonds is 2. The average molecular weight is 364 g/mol. The molecule has 134 valence electrons. The third-order valence-electron chi connectivity index (χ3n) is 5.06. The van der Waals surface area contributed by atoms with Gasteiger partial charge in [-0.3, -0.25) is 9.59 Å². The summed E-state index contributed by atoms with van der Waals surface area (Å²) < 4.78 is 27.8. The number of hydrogen-bond acceptors (Lipinski definition) is 5. The molecule has 9 heteroatoms. The Morgan fingerprint density at radius 2 is 1.68 bits per heavy atom. The first-order valence-electron chi connectivity index (χ1n) is 8.37. The predicted octanol–water partition coefficient (Wildman–Crippen LogP) is -0.0112. The Kier molecular flexibility index (Phi) is 3.82. The third kappa shape index (κ3) is 2.62. The molecule has 4 rings (SSSR count). The molecule has 0 saturated carbocycles. The van der Waals surface area contributed by atoms with Crippen LogP contribution in [0.5, 0.6) is 0 Å². The number of fused-ring (bicyclic) bond motifs is 3. The van der Waals surface area contributed by atoms with Crippen LogP contribution in [-0.4, -0.2) is 54.3 Å². The van der Waals surface area contributed by atoms with Gasteiger partial charge in [-0.15, -0.1) is 0 Å². The van der Waals surface area contributed by atoms with Gasteiger partial charge < -0.3 is 14.9 Å². The smallest absolute Gasteiger partial charge is 0.314 e. The van der Waals surface area contributed by atoms with Crippen molar-refractivity contribution in [3.05, 3.63) is 37.9 Å².